The first-order valence-electron chi connectivity index (χ1n) is 3.40. The van der Waals surface area contributed by atoms with Crippen molar-refractivity contribution in [3.63, 3.8) is 0 Å². The lowest BCUT2D eigenvalue weighted by Gasteiger charge is -1.80. The van der Waals surface area contributed by atoms with Crippen LogP contribution in [0.4, 0.5) is 0 Å². The minimum atomic E-state index is 1.17. The van der Waals surface area contributed by atoms with Gasteiger partial charge >= 0.3 is 0 Å². The zero-order valence-corrected chi connectivity index (χ0v) is 6.78. The summed E-state index contributed by atoms with van der Waals surface area (Å²) < 4.78 is 0. The van der Waals surface area contributed by atoms with Gasteiger partial charge in [0.25, 0.3) is 0 Å². The van der Waals surface area contributed by atoms with Gasteiger partial charge in [0.15, 0.2) is 0 Å². The van der Waals surface area contributed by atoms with Crippen LogP contribution in [0.5, 0.6) is 0 Å². The van der Waals surface area contributed by atoms with Gasteiger partial charge in [0.05, 0.1) is 0 Å². The Kier molecular flexibility index (Phi) is 13.2. The second-order valence-electron chi connectivity index (χ2n) is 1.69. The summed E-state index contributed by atoms with van der Waals surface area (Å²) in [6, 6.07) is 0. The lowest BCUT2D eigenvalue weighted by molar-refractivity contribution is 1.18. The van der Waals surface area contributed by atoms with Gasteiger partial charge in [-0.15, -0.1) is 0 Å². The molecule has 0 aliphatic rings. The van der Waals surface area contributed by atoms with E-state index in [1.54, 1.807) is 0 Å². The third-order valence-electron chi connectivity index (χ3n) is 0.612. The molecular formula is C8H18. The van der Waals surface area contributed by atoms with Crippen molar-refractivity contribution in [1.29, 1.82) is 0 Å². The fourth-order valence-electron chi connectivity index (χ4n) is 0.408. The first kappa shape index (κ1) is 10.7. The average Bonchev–Trinajstić information content (AvgIpc) is 1.72. The van der Waals surface area contributed by atoms with Gasteiger partial charge in [0, 0.05) is 0 Å². The molecule has 0 unspecified atom stereocenters. The molecule has 8 heavy (non-hydrogen) atoms. The smallest absolute Gasteiger partial charge is 0.0377 e. The van der Waals surface area contributed by atoms with Gasteiger partial charge in [-0.3, -0.25) is 0 Å². The topological polar surface area (TPSA) is 0 Å². The fraction of sp³-hybridized carbons (Fsp3) is 0.750. The molecule has 0 aliphatic carbocycles. The first-order valence-corrected chi connectivity index (χ1v) is 3.40. The highest BCUT2D eigenvalue weighted by atomic mass is 13.7. The van der Waals surface area contributed by atoms with Gasteiger partial charge in [0.1, 0.15) is 0 Å². The Bertz CT molecular complexity index is 47.1. The number of hydrogen-bond acceptors (Lipinski definition) is 0. The van der Waals surface area contributed by atoms with Crippen LogP contribution in [0.3, 0.4) is 0 Å². The minimum absolute atomic E-state index is 1.17. The van der Waals surface area contributed by atoms with Crippen LogP contribution < -0.4 is 0 Å². The summed E-state index contributed by atoms with van der Waals surface area (Å²) in [5.41, 5.74) is 1.41. The zero-order valence-electron chi connectivity index (χ0n) is 6.78. The summed E-state index contributed by atoms with van der Waals surface area (Å²) in [7, 11) is 0. The average molecular weight is 114 g/mol. The molecule has 50 valence electrons. The van der Waals surface area contributed by atoms with E-state index in [4.69, 9.17) is 0 Å². The Morgan fingerprint density at radius 1 is 1.25 bits per heavy atom. The van der Waals surface area contributed by atoms with Crippen LogP contribution in [-0.4, -0.2) is 0 Å². The van der Waals surface area contributed by atoms with Gasteiger partial charge in [0.2, 0.25) is 0 Å². The van der Waals surface area contributed by atoms with E-state index < -0.39 is 0 Å². The lowest BCUT2D eigenvalue weighted by atomic mass is 10.3. The van der Waals surface area contributed by atoms with Crippen molar-refractivity contribution in [3.05, 3.63) is 11.6 Å². The summed E-state index contributed by atoms with van der Waals surface area (Å²) in [6.45, 7) is 10.4. The highest BCUT2D eigenvalue weighted by molar-refractivity contribution is 4.91. The molecule has 0 amide bonds. The van der Waals surface area contributed by atoms with E-state index in [2.05, 4.69) is 26.8 Å². The van der Waals surface area contributed by atoms with E-state index in [0.29, 0.717) is 0 Å². The molecule has 0 heteroatoms. The molecule has 0 heterocycles. The molecule has 0 radical (unpaired) electrons. The van der Waals surface area contributed by atoms with Crippen molar-refractivity contribution in [1.82, 2.24) is 0 Å². The van der Waals surface area contributed by atoms with Crippen molar-refractivity contribution in [2.75, 3.05) is 0 Å². The summed E-state index contributed by atoms with van der Waals surface area (Å²) in [4.78, 5) is 0. The second kappa shape index (κ2) is 9.88. The minimum Gasteiger partial charge on any atom is -0.0862 e. The third kappa shape index (κ3) is 17.2. The fourth-order valence-corrected chi connectivity index (χ4v) is 0.408. The van der Waals surface area contributed by atoms with Gasteiger partial charge in [-0.2, -0.15) is 0 Å². The normalized spacial score (nSPS) is 6.62. The van der Waals surface area contributed by atoms with E-state index >= 15 is 0 Å². The highest BCUT2D eigenvalue weighted by Gasteiger charge is 1.67. The zero-order chi connectivity index (χ0) is 6.99. The van der Waals surface area contributed by atoms with Crippen LogP contribution in [0.15, 0.2) is 11.6 Å². The molecule has 0 N–H and O–H groups in total. The van der Waals surface area contributed by atoms with Crippen LogP contribution in [0.1, 0.15) is 41.0 Å². The molecule has 0 fully saturated rings. The summed E-state index contributed by atoms with van der Waals surface area (Å²) >= 11 is 0. The molecule has 0 aliphatic heterocycles. The summed E-state index contributed by atoms with van der Waals surface area (Å²) in [6.07, 6.45) is 3.38. The van der Waals surface area contributed by atoms with E-state index in [0.717, 1.165) is 0 Å². The SMILES string of the molecule is CC.CCC=C(C)C. The Morgan fingerprint density at radius 3 is 1.62 bits per heavy atom. The maximum atomic E-state index is 2.21. The monoisotopic (exact) mass is 114 g/mol. The summed E-state index contributed by atoms with van der Waals surface area (Å²) in [5, 5.41) is 0. The molecule has 0 nitrogen and oxygen atoms in total. The predicted octanol–water partition coefficient (Wildman–Crippen LogP) is 3.39. The molecule has 0 rings (SSSR count). The number of allylic oxidation sites excluding steroid dienone is 2. The molecule has 0 saturated heterocycles. The largest absolute Gasteiger partial charge is 0.0862 e. The van der Waals surface area contributed by atoms with E-state index in [-0.39, 0.29) is 0 Å². The molecule has 0 spiro atoms. The molecule has 0 bridgehead atoms. The molecule has 0 saturated carbocycles. The standard InChI is InChI=1S/C6H12.C2H6/c1-4-5-6(2)3;1-2/h5H,4H2,1-3H3;1-2H3. The van der Waals surface area contributed by atoms with Crippen molar-refractivity contribution in [3.8, 4) is 0 Å². The van der Waals surface area contributed by atoms with E-state index in [1.165, 1.54) is 12.0 Å². The Balaban J connectivity index is 0. The third-order valence-corrected chi connectivity index (χ3v) is 0.612. The van der Waals surface area contributed by atoms with Crippen LogP contribution in [0.25, 0.3) is 0 Å². The maximum Gasteiger partial charge on any atom is -0.0377 e. The molecule has 0 atom stereocenters. The Hall–Kier alpha value is -0.260. The van der Waals surface area contributed by atoms with Gasteiger partial charge in [-0.05, 0) is 20.3 Å². The van der Waals surface area contributed by atoms with Crippen molar-refractivity contribution >= 4 is 0 Å². The predicted molar refractivity (Wildman–Crippen MR) is 41.1 cm³/mol. The van der Waals surface area contributed by atoms with E-state index in [1.807, 2.05) is 13.8 Å². The molecule has 0 aromatic rings. The van der Waals surface area contributed by atoms with E-state index in [9.17, 15) is 0 Å². The summed E-state index contributed by atoms with van der Waals surface area (Å²) in [5.74, 6) is 0. The van der Waals surface area contributed by atoms with Crippen LogP contribution in [0.2, 0.25) is 0 Å². The van der Waals surface area contributed by atoms with Crippen molar-refractivity contribution < 1.29 is 0 Å². The lowest BCUT2D eigenvalue weighted by Crippen LogP contribution is -1.58. The number of rotatable bonds is 1. The molecular weight excluding hydrogens is 96.1 g/mol. The van der Waals surface area contributed by atoms with Gasteiger partial charge in [-0.1, -0.05) is 32.4 Å². The number of hydrogen-bond donors (Lipinski definition) is 0. The van der Waals surface area contributed by atoms with Crippen molar-refractivity contribution in [2.45, 2.75) is 41.0 Å². The van der Waals surface area contributed by atoms with Crippen LogP contribution in [0, 0.1) is 0 Å². The highest BCUT2D eigenvalue weighted by Crippen LogP contribution is 1.88. The van der Waals surface area contributed by atoms with Gasteiger partial charge < -0.3 is 0 Å². The molecule has 0 aromatic carbocycles. The van der Waals surface area contributed by atoms with Crippen LogP contribution >= 0.6 is 0 Å². The maximum absolute atomic E-state index is 2.21. The quantitative estimate of drug-likeness (QED) is 0.458. The van der Waals surface area contributed by atoms with Gasteiger partial charge in [-0.25, -0.2) is 0 Å². The second-order valence-corrected chi connectivity index (χ2v) is 1.69. The first-order chi connectivity index (χ1) is 3.77. The van der Waals surface area contributed by atoms with Crippen molar-refractivity contribution in [2.24, 2.45) is 0 Å². The van der Waals surface area contributed by atoms with Crippen LogP contribution in [-0.2, 0) is 0 Å². The Morgan fingerprint density at radius 2 is 1.62 bits per heavy atom. The molecule has 0 aromatic heterocycles. The Labute approximate surface area is 53.6 Å².